The molecule has 1 aliphatic rings. The van der Waals surface area contributed by atoms with Gasteiger partial charge in [0.25, 0.3) is 0 Å². The number of nitrogens with zero attached hydrogens (tertiary/aromatic N) is 1. The summed E-state index contributed by atoms with van der Waals surface area (Å²) in [4.78, 5) is 24.9. The van der Waals surface area contributed by atoms with E-state index >= 15 is 0 Å². The summed E-state index contributed by atoms with van der Waals surface area (Å²) in [6, 6.07) is -0.894. The van der Waals surface area contributed by atoms with Gasteiger partial charge >= 0.3 is 12.0 Å². The number of carbonyl (C=O) groups excluding carboxylic acids is 1. The second-order valence-electron chi connectivity index (χ2n) is 5.68. The fourth-order valence-corrected chi connectivity index (χ4v) is 2.44. The summed E-state index contributed by atoms with van der Waals surface area (Å²) in [6.45, 7) is 8.49. The first-order valence-electron chi connectivity index (χ1n) is 6.62. The average Bonchev–Trinajstić information content (AvgIpc) is 2.24. The summed E-state index contributed by atoms with van der Waals surface area (Å²) in [6.07, 6.45) is 1.96. The number of carbonyl (C=O) groups is 2. The third kappa shape index (κ3) is 3.62. The highest BCUT2D eigenvalue weighted by molar-refractivity contribution is 5.83. The van der Waals surface area contributed by atoms with Crippen LogP contribution in [0, 0.1) is 11.8 Å². The largest absolute Gasteiger partial charge is 0.480 e. The van der Waals surface area contributed by atoms with Crippen molar-refractivity contribution < 1.29 is 14.7 Å². The van der Waals surface area contributed by atoms with Gasteiger partial charge in [0.05, 0.1) is 0 Å². The Labute approximate surface area is 109 Å². The lowest BCUT2D eigenvalue weighted by Crippen LogP contribution is -2.54. The molecule has 0 aromatic rings. The monoisotopic (exact) mass is 256 g/mol. The molecule has 5 nitrogen and oxygen atoms in total. The first-order valence-corrected chi connectivity index (χ1v) is 6.62. The van der Waals surface area contributed by atoms with Crippen LogP contribution in [0.5, 0.6) is 0 Å². The second-order valence-corrected chi connectivity index (χ2v) is 5.68. The molecule has 2 amide bonds. The Morgan fingerprint density at radius 1 is 1.33 bits per heavy atom. The number of carboxylic acids is 1. The number of aliphatic carboxylic acids is 1. The van der Waals surface area contributed by atoms with Crippen LogP contribution in [0.4, 0.5) is 4.79 Å². The standard InChI is InChI=1S/C13H24N2O3/c1-8(2)11(12(16)17)14-13(18)15-6-5-9(3)7-10(15)4/h8-11H,5-7H2,1-4H3,(H,14,18)(H,16,17). The highest BCUT2D eigenvalue weighted by Gasteiger charge is 2.30. The summed E-state index contributed by atoms with van der Waals surface area (Å²) in [5.74, 6) is -0.466. The van der Waals surface area contributed by atoms with Crippen LogP contribution in [0.1, 0.15) is 40.5 Å². The zero-order valence-corrected chi connectivity index (χ0v) is 11.6. The third-order valence-electron chi connectivity index (χ3n) is 3.61. The van der Waals surface area contributed by atoms with Crippen molar-refractivity contribution in [3.63, 3.8) is 0 Å². The van der Waals surface area contributed by atoms with Gasteiger partial charge < -0.3 is 15.3 Å². The maximum absolute atomic E-state index is 12.1. The van der Waals surface area contributed by atoms with Crippen molar-refractivity contribution in [3.05, 3.63) is 0 Å². The van der Waals surface area contributed by atoms with Crippen LogP contribution in [0.3, 0.4) is 0 Å². The van der Waals surface area contributed by atoms with Gasteiger partial charge in [0.15, 0.2) is 0 Å². The minimum Gasteiger partial charge on any atom is -0.480 e. The predicted molar refractivity (Wildman–Crippen MR) is 69.4 cm³/mol. The van der Waals surface area contributed by atoms with Crippen molar-refractivity contribution in [2.75, 3.05) is 6.54 Å². The fraction of sp³-hybridized carbons (Fsp3) is 0.846. The van der Waals surface area contributed by atoms with Gasteiger partial charge in [-0.2, -0.15) is 0 Å². The van der Waals surface area contributed by atoms with Crippen molar-refractivity contribution in [1.82, 2.24) is 10.2 Å². The molecule has 1 saturated heterocycles. The molecule has 18 heavy (non-hydrogen) atoms. The number of urea groups is 1. The number of likely N-dealkylation sites (tertiary alicyclic amines) is 1. The van der Waals surface area contributed by atoms with Crippen LogP contribution in [0.2, 0.25) is 0 Å². The Balaban J connectivity index is 2.61. The summed E-state index contributed by atoms with van der Waals surface area (Å²) >= 11 is 0. The van der Waals surface area contributed by atoms with Gasteiger partial charge in [-0.3, -0.25) is 0 Å². The Hall–Kier alpha value is -1.26. The highest BCUT2D eigenvalue weighted by Crippen LogP contribution is 2.22. The number of nitrogens with one attached hydrogen (secondary N) is 1. The van der Waals surface area contributed by atoms with Crippen molar-refractivity contribution in [2.45, 2.75) is 52.6 Å². The number of carboxylic acid groups (broad SMARTS) is 1. The Bertz CT molecular complexity index is 317. The molecule has 0 aliphatic carbocycles. The molecule has 3 unspecified atom stereocenters. The Morgan fingerprint density at radius 2 is 1.94 bits per heavy atom. The molecule has 1 fully saturated rings. The quantitative estimate of drug-likeness (QED) is 0.810. The summed E-state index contributed by atoms with van der Waals surface area (Å²) in [7, 11) is 0. The van der Waals surface area contributed by atoms with E-state index < -0.39 is 12.0 Å². The normalized spacial score (nSPS) is 25.9. The van der Waals surface area contributed by atoms with Gasteiger partial charge in [0.1, 0.15) is 6.04 Å². The second kappa shape index (κ2) is 6.07. The third-order valence-corrected chi connectivity index (χ3v) is 3.61. The summed E-state index contributed by atoms with van der Waals surface area (Å²) in [5.41, 5.74) is 0. The van der Waals surface area contributed by atoms with E-state index in [0.29, 0.717) is 12.5 Å². The topological polar surface area (TPSA) is 69.6 Å². The van der Waals surface area contributed by atoms with Gasteiger partial charge in [0.2, 0.25) is 0 Å². The first kappa shape index (κ1) is 14.8. The molecular formula is C13H24N2O3. The SMILES string of the molecule is CC1CCN(C(=O)NC(C(=O)O)C(C)C)C(C)C1. The minimum atomic E-state index is -0.976. The van der Waals surface area contributed by atoms with E-state index in [2.05, 4.69) is 12.2 Å². The van der Waals surface area contributed by atoms with Crippen molar-refractivity contribution in [1.29, 1.82) is 0 Å². The average molecular weight is 256 g/mol. The number of hydrogen-bond donors (Lipinski definition) is 2. The number of amides is 2. The number of piperidine rings is 1. The van der Waals surface area contributed by atoms with Gasteiger partial charge in [-0.15, -0.1) is 0 Å². The van der Waals surface area contributed by atoms with Gasteiger partial charge in [0, 0.05) is 12.6 Å². The molecule has 1 heterocycles. The van der Waals surface area contributed by atoms with Crippen LogP contribution < -0.4 is 5.32 Å². The minimum absolute atomic E-state index is 0.120. The molecule has 0 aromatic carbocycles. The van der Waals surface area contributed by atoms with Crippen LogP contribution in [-0.2, 0) is 4.79 Å². The van der Waals surface area contributed by atoms with E-state index in [1.807, 2.05) is 6.92 Å². The molecule has 1 rings (SSSR count). The van der Waals surface area contributed by atoms with E-state index in [4.69, 9.17) is 5.11 Å². The Kier molecular flexibility index (Phi) is 4.99. The molecule has 0 saturated carbocycles. The van der Waals surface area contributed by atoms with E-state index in [1.165, 1.54) is 0 Å². The highest BCUT2D eigenvalue weighted by atomic mass is 16.4. The van der Waals surface area contributed by atoms with E-state index in [1.54, 1.807) is 18.7 Å². The van der Waals surface area contributed by atoms with Crippen LogP contribution in [0.15, 0.2) is 0 Å². The van der Waals surface area contributed by atoms with Crippen molar-refractivity contribution >= 4 is 12.0 Å². The zero-order valence-electron chi connectivity index (χ0n) is 11.6. The Morgan fingerprint density at radius 3 is 2.39 bits per heavy atom. The van der Waals surface area contributed by atoms with Crippen LogP contribution in [-0.4, -0.2) is 40.6 Å². The molecule has 3 atom stereocenters. The first-order chi connectivity index (χ1) is 8.32. The van der Waals surface area contributed by atoms with Crippen molar-refractivity contribution in [3.8, 4) is 0 Å². The van der Waals surface area contributed by atoms with E-state index in [0.717, 1.165) is 12.8 Å². The molecule has 0 spiro atoms. The molecular weight excluding hydrogens is 232 g/mol. The fourth-order valence-electron chi connectivity index (χ4n) is 2.44. The molecule has 1 aliphatic heterocycles. The maximum atomic E-state index is 12.1. The smallest absolute Gasteiger partial charge is 0.326 e. The van der Waals surface area contributed by atoms with Crippen LogP contribution >= 0.6 is 0 Å². The molecule has 5 heteroatoms. The number of rotatable bonds is 3. The van der Waals surface area contributed by atoms with Crippen LogP contribution in [0.25, 0.3) is 0 Å². The van der Waals surface area contributed by atoms with E-state index in [9.17, 15) is 9.59 Å². The molecule has 0 bridgehead atoms. The summed E-state index contributed by atoms with van der Waals surface area (Å²) in [5, 5.41) is 11.7. The predicted octanol–water partition coefficient (Wildman–Crippen LogP) is 1.93. The van der Waals surface area contributed by atoms with Gasteiger partial charge in [-0.1, -0.05) is 20.8 Å². The van der Waals surface area contributed by atoms with E-state index in [-0.39, 0.29) is 18.0 Å². The molecule has 0 aromatic heterocycles. The lowest BCUT2D eigenvalue weighted by molar-refractivity contribution is -0.140. The molecule has 0 radical (unpaired) electrons. The van der Waals surface area contributed by atoms with Crippen molar-refractivity contribution in [2.24, 2.45) is 11.8 Å². The maximum Gasteiger partial charge on any atom is 0.326 e. The lowest BCUT2D eigenvalue weighted by Gasteiger charge is -2.37. The number of hydrogen-bond acceptors (Lipinski definition) is 2. The zero-order chi connectivity index (χ0) is 13.9. The lowest BCUT2D eigenvalue weighted by atomic mass is 9.93. The molecule has 104 valence electrons. The van der Waals surface area contributed by atoms with Gasteiger partial charge in [-0.25, -0.2) is 9.59 Å². The molecule has 2 N–H and O–H groups in total. The van der Waals surface area contributed by atoms with Gasteiger partial charge in [-0.05, 0) is 31.6 Å². The summed E-state index contributed by atoms with van der Waals surface area (Å²) < 4.78 is 0.